The molecule has 0 saturated carbocycles. The maximum absolute atomic E-state index is 11.3. The molecule has 0 spiro atoms. The molecule has 1 aromatic carbocycles. The number of rotatable bonds is 6. The van der Waals surface area contributed by atoms with Crippen LogP contribution in [0.15, 0.2) is 23.1 Å². The Hall–Kier alpha value is -1.27. The third-order valence-electron chi connectivity index (χ3n) is 2.54. The van der Waals surface area contributed by atoms with Gasteiger partial charge in [0.25, 0.3) is 0 Å². The first-order valence-electron chi connectivity index (χ1n) is 5.96. The van der Waals surface area contributed by atoms with Crippen molar-refractivity contribution < 1.29 is 8.42 Å². The lowest BCUT2D eigenvalue weighted by Gasteiger charge is -2.10. The van der Waals surface area contributed by atoms with Crippen LogP contribution in [0.25, 0.3) is 0 Å². The van der Waals surface area contributed by atoms with E-state index < -0.39 is 10.0 Å². The topological polar surface area (TPSA) is 98.2 Å². The molecular formula is C12H21N3O2S. The molecule has 6 heteroatoms. The van der Waals surface area contributed by atoms with E-state index in [-0.39, 0.29) is 4.90 Å². The first kappa shape index (κ1) is 14.8. The van der Waals surface area contributed by atoms with Crippen molar-refractivity contribution in [1.29, 1.82) is 0 Å². The number of nitrogen functional groups attached to an aromatic ring is 1. The van der Waals surface area contributed by atoms with E-state index in [0.717, 1.165) is 19.4 Å². The second-order valence-electron chi connectivity index (χ2n) is 4.80. The highest BCUT2D eigenvalue weighted by atomic mass is 32.2. The van der Waals surface area contributed by atoms with Crippen LogP contribution in [0.1, 0.15) is 26.7 Å². The van der Waals surface area contributed by atoms with Crippen molar-refractivity contribution in [1.82, 2.24) is 0 Å². The predicted octanol–water partition coefficient (Wildman–Crippen LogP) is 1.76. The van der Waals surface area contributed by atoms with Gasteiger partial charge in [0.05, 0.1) is 4.90 Å². The van der Waals surface area contributed by atoms with Crippen LogP contribution in [0.3, 0.4) is 0 Å². The van der Waals surface area contributed by atoms with E-state index in [1.54, 1.807) is 6.07 Å². The quantitative estimate of drug-likeness (QED) is 0.542. The standard InChI is InChI=1S/C12H21N3O2S/c1-9(2)4-3-5-15-11-6-10(13)7-12(8-11)18(14,16)17/h6-9,15H,3-5,13H2,1-2H3,(H2,14,16,17). The summed E-state index contributed by atoms with van der Waals surface area (Å²) in [6, 6.07) is 4.56. The predicted molar refractivity (Wildman–Crippen MR) is 74.8 cm³/mol. The molecule has 0 heterocycles. The fourth-order valence-corrected chi connectivity index (χ4v) is 2.22. The fourth-order valence-electron chi connectivity index (χ4n) is 1.63. The van der Waals surface area contributed by atoms with E-state index in [2.05, 4.69) is 19.2 Å². The number of benzene rings is 1. The summed E-state index contributed by atoms with van der Waals surface area (Å²) in [5.41, 5.74) is 6.71. The summed E-state index contributed by atoms with van der Waals surface area (Å²) in [4.78, 5) is 0.0360. The molecule has 0 bridgehead atoms. The lowest BCUT2D eigenvalue weighted by molar-refractivity contribution is 0.567. The van der Waals surface area contributed by atoms with Crippen LogP contribution in [0.5, 0.6) is 0 Å². The van der Waals surface area contributed by atoms with Gasteiger partial charge in [-0.15, -0.1) is 0 Å². The minimum atomic E-state index is -3.71. The van der Waals surface area contributed by atoms with Crippen LogP contribution in [0.2, 0.25) is 0 Å². The molecule has 0 atom stereocenters. The molecule has 0 unspecified atom stereocenters. The van der Waals surface area contributed by atoms with Crippen molar-refractivity contribution in [3.8, 4) is 0 Å². The van der Waals surface area contributed by atoms with E-state index in [0.29, 0.717) is 17.3 Å². The van der Waals surface area contributed by atoms with Crippen LogP contribution in [0, 0.1) is 5.92 Å². The van der Waals surface area contributed by atoms with Gasteiger partial charge in [0.2, 0.25) is 10.0 Å². The molecule has 5 nitrogen and oxygen atoms in total. The third-order valence-corrected chi connectivity index (χ3v) is 3.44. The Bertz CT molecular complexity index is 498. The summed E-state index contributed by atoms with van der Waals surface area (Å²) in [5.74, 6) is 0.660. The zero-order chi connectivity index (χ0) is 13.8. The van der Waals surface area contributed by atoms with Crippen molar-refractivity contribution >= 4 is 21.4 Å². The maximum Gasteiger partial charge on any atom is 0.238 e. The highest BCUT2D eigenvalue weighted by Crippen LogP contribution is 2.19. The number of anilines is 2. The highest BCUT2D eigenvalue weighted by molar-refractivity contribution is 7.89. The molecule has 0 aliphatic heterocycles. The number of primary sulfonamides is 1. The van der Waals surface area contributed by atoms with Crippen molar-refractivity contribution in [2.24, 2.45) is 11.1 Å². The van der Waals surface area contributed by atoms with Gasteiger partial charge in [-0.2, -0.15) is 0 Å². The minimum absolute atomic E-state index is 0.0360. The van der Waals surface area contributed by atoms with Gasteiger partial charge in [-0.3, -0.25) is 0 Å². The Kier molecular flexibility index (Phi) is 4.98. The van der Waals surface area contributed by atoms with Crippen molar-refractivity contribution in [2.75, 3.05) is 17.6 Å². The van der Waals surface area contributed by atoms with Gasteiger partial charge in [0.15, 0.2) is 0 Å². The molecular weight excluding hydrogens is 250 g/mol. The van der Waals surface area contributed by atoms with E-state index >= 15 is 0 Å². The number of hydrogen-bond acceptors (Lipinski definition) is 4. The molecule has 0 amide bonds. The number of hydrogen-bond donors (Lipinski definition) is 3. The molecule has 18 heavy (non-hydrogen) atoms. The van der Waals surface area contributed by atoms with E-state index in [1.807, 2.05) is 0 Å². The minimum Gasteiger partial charge on any atom is -0.399 e. The molecule has 5 N–H and O–H groups in total. The van der Waals surface area contributed by atoms with E-state index in [1.165, 1.54) is 12.1 Å². The maximum atomic E-state index is 11.3. The Morgan fingerprint density at radius 3 is 2.50 bits per heavy atom. The third kappa shape index (κ3) is 4.93. The summed E-state index contributed by atoms with van der Waals surface area (Å²) in [7, 11) is -3.71. The summed E-state index contributed by atoms with van der Waals surface area (Å²) in [6.07, 6.45) is 2.15. The van der Waals surface area contributed by atoms with Gasteiger partial charge in [0.1, 0.15) is 0 Å². The van der Waals surface area contributed by atoms with Crippen LogP contribution >= 0.6 is 0 Å². The molecule has 0 saturated heterocycles. The molecule has 0 radical (unpaired) electrons. The molecule has 0 aromatic heterocycles. The molecule has 0 aliphatic rings. The van der Waals surface area contributed by atoms with Crippen LogP contribution in [0.4, 0.5) is 11.4 Å². The average Bonchev–Trinajstić information content (AvgIpc) is 2.22. The summed E-state index contributed by atoms with van der Waals surface area (Å²) in [5, 5.41) is 8.23. The smallest absolute Gasteiger partial charge is 0.238 e. The van der Waals surface area contributed by atoms with Gasteiger partial charge in [-0.1, -0.05) is 13.8 Å². The van der Waals surface area contributed by atoms with Crippen LogP contribution in [-0.4, -0.2) is 15.0 Å². The van der Waals surface area contributed by atoms with Crippen molar-refractivity contribution in [2.45, 2.75) is 31.6 Å². The van der Waals surface area contributed by atoms with Crippen LogP contribution in [-0.2, 0) is 10.0 Å². The Morgan fingerprint density at radius 2 is 1.94 bits per heavy atom. The second-order valence-corrected chi connectivity index (χ2v) is 6.36. The number of sulfonamides is 1. The second kappa shape index (κ2) is 6.06. The first-order valence-corrected chi connectivity index (χ1v) is 7.51. The van der Waals surface area contributed by atoms with Gasteiger partial charge in [-0.05, 0) is 37.0 Å². The van der Waals surface area contributed by atoms with Crippen molar-refractivity contribution in [3.63, 3.8) is 0 Å². The van der Waals surface area contributed by atoms with Gasteiger partial charge < -0.3 is 11.1 Å². The van der Waals surface area contributed by atoms with Crippen LogP contribution < -0.4 is 16.2 Å². The number of nitrogens with one attached hydrogen (secondary N) is 1. The SMILES string of the molecule is CC(C)CCCNc1cc(N)cc(S(N)(=O)=O)c1. The van der Waals surface area contributed by atoms with E-state index in [4.69, 9.17) is 10.9 Å². The lowest BCUT2D eigenvalue weighted by Crippen LogP contribution is -2.13. The summed E-state index contributed by atoms with van der Waals surface area (Å²) >= 11 is 0. The zero-order valence-electron chi connectivity index (χ0n) is 10.8. The average molecular weight is 271 g/mol. The molecule has 1 rings (SSSR count). The van der Waals surface area contributed by atoms with Gasteiger partial charge in [0, 0.05) is 17.9 Å². The van der Waals surface area contributed by atoms with Gasteiger partial charge >= 0.3 is 0 Å². The normalized spacial score (nSPS) is 11.8. The molecule has 102 valence electrons. The Labute approximate surface area is 109 Å². The zero-order valence-corrected chi connectivity index (χ0v) is 11.6. The summed E-state index contributed by atoms with van der Waals surface area (Å²) < 4.78 is 22.5. The Morgan fingerprint density at radius 1 is 1.28 bits per heavy atom. The highest BCUT2D eigenvalue weighted by Gasteiger charge is 2.09. The largest absolute Gasteiger partial charge is 0.399 e. The van der Waals surface area contributed by atoms with Crippen molar-refractivity contribution in [3.05, 3.63) is 18.2 Å². The monoisotopic (exact) mass is 271 g/mol. The number of nitrogens with two attached hydrogens (primary N) is 2. The molecule has 0 aliphatic carbocycles. The molecule has 0 fully saturated rings. The fraction of sp³-hybridized carbons (Fsp3) is 0.500. The molecule has 1 aromatic rings. The summed E-state index contributed by atoms with van der Waals surface area (Å²) in [6.45, 7) is 5.12. The first-order chi connectivity index (χ1) is 8.29. The lowest BCUT2D eigenvalue weighted by atomic mass is 10.1. The van der Waals surface area contributed by atoms with E-state index in [9.17, 15) is 8.42 Å². The van der Waals surface area contributed by atoms with Gasteiger partial charge in [-0.25, -0.2) is 13.6 Å². The Balaban J connectivity index is 2.69.